The second kappa shape index (κ2) is 8.08. The number of nitrogens with zero attached hydrogens (tertiary/aromatic N) is 1. The lowest BCUT2D eigenvalue weighted by Gasteiger charge is -2.27. The zero-order chi connectivity index (χ0) is 21.3. The molecule has 2 aliphatic heterocycles. The molecule has 2 aliphatic rings. The minimum absolute atomic E-state index is 0.0664. The normalized spacial score (nSPS) is 19.5. The molecule has 0 spiro atoms. The molecule has 1 saturated heterocycles. The fraction of sp³-hybridized carbons (Fsp3) is 0.273. The van der Waals surface area contributed by atoms with Gasteiger partial charge < -0.3 is 10.6 Å². The minimum Gasteiger partial charge on any atom is -0.383 e. The molecule has 2 atom stereocenters. The van der Waals surface area contributed by atoms with E-state index in [0.29, 0.717) is 12.2 Å². The van der Waals surface area contributed by atoms with E-state index in [0.717, 1.165) is 10.5 Å². The van der Waals surface area contributed by atoms with Gasteiger partial charge in [0.2, 0.25) is 11.8 Å². The number of imide groups is 2. The van der Waals surface area contributed by atoms with Crippen LogP contribution in [0.4, 0.5) is 5.69 Å². The van der Waals surface area contributed by atoms with E-state index in [1.54, 1.807) is 18.2 Å². The number of anilines is 1. The number of rotatable bonds is 6. The summed E-state index contributed by atoms with van der Waals surface area (Å²) in [7, 11) is 1.88. The van der Waals surface area contributed by atoms with Crippen molar-refractivity contribution in [2.45, 2.75) is 24.9 Å². The number of carbonyl (C=O) groups excluding carboxylic acids is 4. The largest absolute Gasteiger partial charge is 0.383 e. The highest BCUT2D eigenvalue weighted by Gasteiger charge is 2.44. The van der Waals surface area contributed by atoms with Gasteiger partial charge in [0.25, 0.3) is 11.8 Å². The number of benzene rings is 2. The number of likely N-dealkylation sites (N-methyl/N-ethyl adjacent to an activating group) is 1. The first-order chi connectivity index (χ1) is 14.5. The van der Waals surface area contributed by atoms with Gasteiger partial charge in [-0.05, 0) is 37.2 Å². The standard InChI is InChI=1S/C22H22N4O4/c1-23-17(13-5-3-2-4-6-13)12-24-14-7-8-15-16(11-14)22(30)26(21(15)29)18-9-10-19(27)25-20(18)28/h2-8,11,17-18,23-24H,9-10,12H2,1H3,(H,25,27,28). The van der Waals surface area contributed by atoms with Crippen LogP contribution in [0.1, 0.15) is 45.2 Å². The molecule has 0 radical (unpaired) electrons. The van der Waals surface area contributed by atoms with E-state index in [-0.39, 0.29) is 30.0 Å². The Morgan fingerprint density at radius 1 is 1.03 bits per heavy atom. The molecule has 0 aromatic heterocycles. The molecule has 30 heavy (non-hydrogen) atoms. The van der Waals surface area contributed by atoms with E-state index in [1.807, 2.05) is 37.4 Å². The number of amides is 4. The van der Waals surface area contributed by atoms with Crippen LogP contribution in [-0.4, -0.2) is 48.2 Å². The number of fused-ring (bicyclic) bond motifs is 1. The number of nitrogens with one attached hydrogen (secondary N) is 3. The molecule has 4 rings (SSSR count). The molecular weight excluding hydrogens is 384 g/mol. The van der Waals surface area contributed by atoms with Crippen LogP contribution in [0.15, 0.2) is 48.5 Å². The van der Waals surface area contributed by atoms with Crippen LogP contribution < -0.4 is 16.0 Å². The third-order valence-electron chi connectivity index (χ3n) is 5.50. The maximum Gasteiger partial charge on any atom is 0.262 e. The van der Waals surface area contributed by atoms with Crippen LogP contribution >= 0.6 is 0 Å². The Balaban J connectivity index is 1.50. The number of piperidine rings is 1. The van der Waals surface area contributed by atoms with E-state index >= 15 is 0 Å². The fourth-order valence-corrected chi connectivity index (χ4v) is 3.87. The van der Waals surface area contributed by atoms with E-state index in [9.17, 15) is 19.2 Å². The van der Waals surface area contributed by atoms with Crippen molar-refractivity contribution in [2.75, 3.05) is 18.9 Å². The summed E-state index contributed by atoms with van der Waals surface area (Å²) in [5, 5.41) is 8.75. The van der Waals surface area contributed by atoms with E-state index < -0.39 is 29.7 Å². The van der Waals surface area contributed by atoms with E-state index in [1.165, 1.54) is 0 Å². The molecule has 2 aromatic rings. The van der Waals surface area contributed by atoms with Crippen molar-refractivity contribution in [2.24, 2.45) is 0 Å². The Hall–Kier alpha value is -3.52. The van der Waals surface area contributed by atoms with Gasteiger partial charge in [0.1, 0.15) is 6.04 Å². The molecule has 3 N–H and O–H groups in total. The molecule has 8 nitrogen and oxygen atoms in total. The van der Waals surface area contributed by atoms with Crippen molar-refractivity contribution < 1.29 is 19.2 Å². The van der Waals surface area contributed by atoms with Gasteiger partial charge in [-0.1, -0.05) is 30.3 Å². The highest BCUT2D eigenvalue weighted by atomic mass is 16.2. The highest BCUT2D eigenvalue weighted by molar-refractivity contribution is 6.23. The summed E-state index contributed by atoms with van der Waals surface area (Å²) in [5.74, 6) is -2.02. The lowest BCUT2D eigenvalue weighted by Crippen LogP contribution is -2.54. The molecular formula is C22H22N4O4. The van der Waals surface area contributed by atoms with Crippen LogP contribution in [0.3, 0.4) is 0 Å². The molecule has 2 unspecified atom stereocenters. The van der Waals surface area contributed by atoms with Crippen LogP contribution in [0, 0.1) is 0 Å². The van der Waals surface area contributed by atoms with Crippen LogP contribution in [0.25, 0.3) is 0 Å². The van der Waals surface area contributed by atoms with Gasteiger partial charge >= 0.3 is 0 Å². The van der Waals surface area contributed by atoms with Crippen molar-refractivity contribution in [3.8, 4) is 0 Å². The van der Waals surface area contributed by atoms with E-state index in [2.05, 4.69) is 16.0 Å². The van der Waals surface area contributed by atoms with Gasteiger partial charge in [-0.25, -0.2) is 0 Å². The SMILES string of the molecule is CNC(CNc1ccc2c(c1)C(=O)N(C1CCC(=O)NC1=O)C2=O)c1ccccc1. The maximum absolute atomic E-state index is 12.9. The maximum atomic E-state index is 12.9. The lowest BCUT2D eigenvalue weighted by atomic mass is 10.0. The molecule has 0 saturated carbocycles. The van der Waals surface area contributed by atoms with Crippen molar-refractivity contribution >= 4 is 29.3 Å². The first kappa shape index (κ1) is 19.8. The molecule has 2 heterocycles. The number of carbonyl (C=O) groups is 4. The molecule has 8 heteroatoms. The van der Waals surface area contributed by atoms with Gasteiger partial charge in [0.05, 0.1) is 11.1 Å². The van der Waals surface area contributed by atoms with Crippen molar-refractivity contribution in [1.29, 1.82) is 0 Å². The predicted octanol–water partition coefficient (Wildman–Crippen LogP) is 1.46. The molecule has 0 bridgehead atoms. The first-order valence-corrected chi connectivity index (χ1v) is 9.81. The third kappa shape index (κ3) is 3.57. The summed E-state index contributed by atoms with van der Waals surface area (Å²) >= 11 is 0. The van der Waals surface area contributed by atoms with Crippen LogP contribution in [0.2, 0.25) is 0 Å². The minimum atomic E-state index is -0.960. The molecule has 2 aromatic carbocycles. The average Bonchev–Trinajstić information content (AvgIpc) is 2.99. The highest BCUT2D eigenvalue weighted by Crippen LogP contribution is 2.29. The van der Waals surface area contributed by atoms with Crippen molar-refractivity contribution in [3.63, 3.8) is 0 Å². The fourth-order valence-electron chi connectivity index (χ4n) is 3.87. The Kier molecular flexibility index (Phi) is 5.33. The smallest absolute Gasteiger partial charge is 0.262 e. The van der Waals surface area contributed by atoms with Crippen molar-refractivity contribution in [3.05, 3.63) is 65.2 Å². The third-order valence-corrected chi connectivity index (χ3v) is 5.50. The zero-order valence-electron chi connectivity index (χ0n) is 16.5. The number of hydrogen-bond donors (Lipinski definition) is 3. The second-order valence-corrected chi connectivity index (χ2v) is 7.34. The van der Waals surface area contributed by atoms with Gasteiger partial charge in [-0.2, -0.15) is 0 Å². The summed E-state index contributed by atoms with van der Waals surface area (Å²) in [5.41, 5.74) is 2.36. The lowest BCUT2D eigenvalue weighted by molar-refractivity contribution is -0.136. The van der Waals surface area contributed by atoms with Crippen LogP contribution in [0.5, 0.6) is 0 Å². The quantitative estimate of drug-likeness (QED) is 0.627. The Labute approximate surface area is 173 Å². The summed E-state index contributed by atoms with van der Waals surface area (Å²) in [6.07, 6.45) is 0.240. The van der Waals surface area contributed by atoms with Gasteiger partial charge in [-0.3, -0.25) is 29.4 Å². The van der Waals surface area contributed by atoms with E-state index in [4.69, 9.17) is 0 Å². The second-order valence-electron chi connectivity index (χ2n) is 7.34. The molecule has 4 amide bonds. The Morgan fingerprint density at radius 3 is 2.47 bits per heavy atom. The predicted molar refractivity (Wildman–Crippen MR) is 110 cm³/mol. The molecule has 0 aliphatic carbocycles. The topological polar surface area (TPSA) is 108 Å². The average molecular weight is 406 g/mol. The monoisotopic (exact) mass is 406 g/mol. The van der Waals surface area contributed by atoms with Gasteiger partial charge in [0, 0.05) is 24.7 Å². The molecule has 154 valence electrons. The van der Waals surface area contributed by atoms with Gasteiger partial charge in [-0.15, -0.1) is 0 Å². The first-order valence-electron chi connectivity index (χ1n) is 9.81. The Bertz CT molecular complexity index is 1020. The summed E-state index contributed by atoms with van der Waals surface area (Å²) in [6, 6.07) is 14.1. The summed E-state index contributed by atoms with van der Waals surface area (Å²) in [6.45, 7) is 0.582. The van der Waals surface area contributed by atoms with Crippen LogP contribution in [-0.2, 0) is 9.59 Å². The van der Waals surface area contributed by atoms with Crippen molar-refractivity contribution in [1.82, 2.24) is 15.5 Å². The summed E-state index contributed by atoms with van der Waals surface area (Å²) < 4.78 is 0. The van der Waals surface area contributed by atoms with Gasteiger partial charge in [0.15, 0.2) is 0 Å². The Morgan fingerprint density at radius 2 is 1.77 bits per heavy atom. The zero-order valence-corrected chi connectivity index (χ0v) is 16.5. The number of hydrogen-bond acceptors (Lipinski definition) is 6. The summed E-state index contributed by atoms with van der Waals surface area (Å²) in [4.78, 5) is 50.2. The molecule has 1 fully saturated rings.